The van der Waals surface area contributed by atoms with E-state index in [1.165, 1.54) is 32.0 Å². The Hall–Kier alpha value is -0.490. The van der Waals surface area contributed by atoms with Crippen LogP contribution in [0.1, 0.15) is 45.2 Å². The first-order valence-electron chi connectivity index (χ1n) is 6.52. The zero-order valence-electron chi connectivity index (χ0n) is 11.7. The van der Waals surface area contributed by atoms with Crippen LogP contribution < -0.4 is 5.69 Å². The Kier molecular flexibility index (Phi) is 7.27. The first kappa shape index (κ1) is 18.6. The number of rotatable bonds is 3. The lowest BCUT2D eigenvalue weighted by atomic mass is 10.2. The van der Waals surface area contributed by atoms with E-state index in [1.807, 2.05) is 0 Å². The molecule has 2 aromatic rings. The highest BCUT2D eigenvalue weighted by Gasteiger charge is 2.31. The van der Waals surface area contributed by atoms with Gasteiger partial charge >= 0.3 is 5.69 Å². The fourth-order valence-corrected chi connectivity index (χ4v) is 2.38. The molecule has 0 aliphatic rings. The van der Waals surface area contributed by atoms with Crippen LogP contribution in [0.25, 0.3) is 5.65 Å². The minimum atomic E-state index is -1.79. The van der Waals surface area contributed by atoms with Crippen LogP contribution in [0, 0.1) is 0 Å². The maximum atomic E-state index is 11.3. The first-order chi connectivity index (χ1) is 9.82. The zero-order valence-corrected chi connectivity index (χ0v) is 14.7. The van der Waals surface area contributed by atoms with Crippen LogP contribution in [0.4, 0.5) is 0 Å². The number of aromatic nitrogens is 4. The molecule has 0 aliphatic heterocycles. The quantitative estimate of drug-likeness (QED) is 0.636. The number of alkyl halides is 3. The maximum absolute atomic E-state index is 11.3. The van der Waals surface area contributed by atoms with Crippen molar-refractivity contribution in [3.63, 3.8) is 0 Å². The molecule has 0 unspecified atom stereocenters. The Morgan fingerprint density at radius 2 is 1.81 bits per heavy atom. The van der Waals surface area contributed by atoms with E-state index in [0.29, 0.717) is 0 Å². The molecule has 2 heterocycles. The number of hydrogen-bond acceptors (Lipinski definition) is 3. The Bertz CT molecular complexity index is 628. The van der Waals surface area contributed by atoms with Crippen molar-refractivity contribution in [1.29, 1.82) is 0 Å². The largest absolute Gasteiger partial charge is 0.349 e. The lowest BCUT2D eigenvalue weighted by Gasteiger charge is -2.05. The van der Waals surface area contributed by atoms with Gasteiger partial charge in [0, 0.05) is 0 Å². The second-order valence-corrected chi connectivity index (χ2v) is 6.97. The Morgan fingerprint density at radius 3 is 2.24 bits per heavy atom. The Morgan fingerprint density at radius 1 is 1.24 bits per heavy atom. The Balaban J connectivity index is 0.000000315. The summed E-state index contributed by atoms with van der Waals surface area (Å²) in [6, 6.07) is 0. The highest BCUT2D eigenvalue weighted by atomic mass is 35.6. The summed E-state index contributed by atoms with van der Waals surface area (Å²) in [6.45, 7) is 4.46. The van der Waals surface area contributed by atoms with Crippen molar-refractivity contribution >= 4 is 52.1 Å². The van der Waals surface area contributed by atoms with Gasteiger partial charge in [0.1, 0.15) is 10.7 Å². The van der Waals surface area contributed by atoms with E-state index in [1.54, 1.807) is 0 Å². The van der Waals surface area contributed by atoms with Crippen LogP contribution in [-0.4, -0.2) is 19.6 Å². The molecule has 1 N–H and O–H groups in total. The third-order valence-corrected chi connectivity index (χ3v) is 3.48. The maximum Gasteiger partial charge on any atom is 0.349 e. The molecule has 0 bridgehead atoms. The minimum Gasteiger partial charge on any atom is -0.296 e. The first-order valence-corrected chi connectivity index (χ1v) is 8.03. The van der Waals surface area contributed by atoms with E-state index in [9.17, 15) is 4.79 Å². The summed E-state index contributed by atoms with van der Waals surface area (Å²) < 4.78 is -0.864. The van der Waals surface area contributed by atoms with E-state index in [0.717, 1.165) is 4.52 Å². The summed E-state index contributed by atoms with van der Waals surface area (Å²) >= 11 is 22.7. The number of nitrogens with zero attached hydrogens (tertiary/aromatic N) is 3. The van der Waals surface area contributed by atoms with Crippen molar-refractivity contribution in [3.05, 3.63) is 27.5 Å². The molecule has 2 aromatic heterocycles. The number of fused-ring (bicyclic) bond motifs is 1. The van der Waals surface area contributed by atoms with Crippen LogP contribution in [0.5, 0.6) is 0 Å². The van der Waals surface area contributed by atoms with Gasteiger partial charge < -0.3 is 0 Å². The van der Waals surface area contributed by atoms with Crippen molar-refractivity contribution < 1.29 is 0 Å². The molecule has 0 spiro atoms. The summed E-state index contributed by atoms with van der Waals surface area (Å²) in [6.07, 6.45) is 6.72. The molecule has 0 amide bonds. The number of unbranched alkanes of at least 4 members (excludes halogenated alkanes) is 3. The van der Waals surface area contributed by atoms with Gasteiger partial charge in [0.05, 0.1) is 6.33 Å². The van der Waals surface area contributed by atoms with Gasteiger partial charge in [-0.05, 0) is 0 Å². The van der Waals surface area contributed by atoms with Crippen LogP contribution in [0.15, 0.2) is 11.1 Å². The Labute approximate surface area is 142 Å². The molecule has 5 nitrogen and oxygen atoms in total. The highest BCUT2D eigenvalue weighted by molar-refractivity contribution is 6.67. The second kappa shape index (κ2) is 8.22. The number of hydrogen-bond donors (Lipinski definition) is 1. The van der Waals surface area contributed by atoms with Crippen LogP contribution in [0.3, 0.4) is 0 Å². The van der Waals surface area contributed by atoms with Gasteiger partial charge in [-0.3, -0.25) is 4.98 Å². The number of H-pyrrole nitrogens is 1. The fraction of sp³-hybridized carbons (Fsp3) is 0.583. The SMILES string of the molecule is CCCCCC.O=c1[nH]cnc2c(Cl)c(C(Cl)(Cl)Cl)nn12. The summed E-state index contributed by atoms with van der Waals surface area (Å²) in [5, 5.41) is 3.81. The molecule has 9 heteroatoms. The van der Waals surface area contributed by atoms with Gasteiger partial charge in [0.15, 0.2) is 5.65 Å². The molecule has 2 rings (SSSR count). The van der Waals surface area contributed by atoms with Gasteiger partial charge in [-0.15, -0.1) is 0 Å². The fourth-order valence-electron chi connectivity index (χ4n) is 1.53. The molecular formula is C12H16Cl4N4O. The molecule has 0 saturated carbocycles. The highest BCUT2D eigenvalue weighted by Crippen LogP contribution is 2.41. The van der Waals surface area contributed by atoms with E-state index < -0.39 is 9.48 Å². The third-order valence-electron chi connectivity index (χ3n) is 2.60. The van der Waals surface area contributed by atoms with Crippen molar-refractivity contribution in [1.82, 2.24) is 19.6 Å². The summed E-state index contributed by atoms with van der Waals surface area (Å²) in [7, 11) is 0. The molecule has 0 atom stereocenters. The van der Waals surface area contributed by atoms with Crippen molar-refractivity contribution in [2.45, 2.75) is 43.3 Å². The number of nitrogens with one attached hydrogen (secondary N) is 1. The van der Waals surface area contributed by atoms with Crippen molar-refractivity contribution in [3.8, 4) is 0 Å². The monoisotopic (exact) mass is 372 g/mol. The molecule has 0 saturated heterocycles. The smallest absolute Gasteiger partial charge is 0.296 e. The second-order valence-electron chi connectivity index (χ2n) is 4.31. The minimum absolute atomic E-state index is 0.0293. The van der Waals surface area contributed by atoms with E-state index in [2.05, 4.69) is 28.9 Å². The third kappa shape index (κ3) is 5.02. The van der Waals surface area contributed by atoms with Gasteiger partial charge in [-0.25, -0.2) is 9.78 Å². The lowest BCUT2D eigenvalue weighted by Crippen LogP contribution is -2.17. The molecule has 0 aromatic carbocycles. The van der Waals surface area contributed by atoms with Crippen LogP contribution in [-0.2, 0) is 3.79 Å². The molecule has 0 aliphatic carbocycles. The number of halogens is 4. The summed E-state index contributed by atoms with van der Waals surface area (Å²) in [5.74, 6) is 0. The van der Waals surface area contributed by atoms with E-state index >= 15 is 0 Å². The predicted octanol–water partition coefficient (Wildman–Crippen LogP) is 4.48. The average molecular weight is 374 g/mol. The molecule has 0 radical (unpaired) electrons. The standard InChI is InChI=1S/C6H2Cl4N4O.C6H14/c7-2-3(6(8,9)10)13-14-4(2)11-1-12-5(14)15;1-3-5-6-4-2/h1H,(H,11,12,15);3-6H2,1-2H3. The van der Waals surface area contributed by atoms with E-state index in [-0.39, 0.29) is 16.4 Å². The topological polar surface area (TPSA) is 63.0 Å². The molecular weight excluding hydrogens is 358 g/mol. The van der Waals surface area contributed by atoms with Crippen LogP contribution in [0.2, 0.25) is 5.02 Å². The van der Waals surface area contributed by atoms with Gasteiger partial charge in [-0.1, -0.05) is 85.9 Å². The van der Waals surface area contributed by atoms with Crippen molar-refractivity contribution in [2.24, 2.45) is 0 Å². The van der Waals surface area contributed by atoms with Gasteiger partial charge in [0.25, 0.3) is 0 Å². The lowest BCUT2D eigenvalue weighted by molar-refractivity contribution is 0.702. The summed E-state index contributed by atoms with van der Waals surface area (Å²) in [4.78, 5) is 17.4. The van der Waals surface area contributed by atoms with Crippen molar-refractivity contribution in [2.75, 3.05) is 0 Å². The molecule has 0 fully saturated rings. The number of aromatic amines is 1. The predicted molar refractivity (Wildman–Crippen MR) is 87.7 cm³/mol. The average Bonchev–Trinajstić information content (AvgIpc) is 2.76. The van der Waals surface area contributed by atoms with E-state index in [4.69, 9.17) is 46.4 Å². The molecule has 21 heavy (non-hydrogen) atoms. The van der Waals surface area contributed by atoms with Crippen LogP contribution >= 0.6 is 46.4 Å². The molecule has 118 valence electrons. The normalized spacial score (nSPS) is 11.3. The summed E-state index contributed by atoms with van der Waals surface area (Å²) in [5.41, 5.74) is -0.400. The van der Waals surface area contributed by atoms with Gasteiger partial charge in [0.2, 0.25) is 3.79 Å². The zero-order chi connectivity index (χ0) is 16.0. The van der Waals surface area contributed by atoms with Gasteiger partial charge in [-0.2, -0.15) is 9.61 Å².